The molecular weight excluding hydrogens is 242 g/mol. The van der Waals surface area contributed by atoms with E-state index in [1.807, 2.05) is 24.7 Å². The number of aromatic nitrogens is 2. The number of para-hydroxylation sites is 1. The molecule has 0 saturated heterocycles. The summed E-state index contributed by atoms with van der Waals surface area (Å²) in [6.45, 7) is 3.04. The van der Waals surface area contributed by atoms with E-state index in [0.717, 1.165) is 18.5 Å². The van der Waals surface area contributed by atoms with Crippen LogP contribution in [0.3, 0.4) is 0 Å². The van der Waals surface area contributed by atoms with Gasteiger partial charge in [0.15, 0.2) is 0 Å². The Morgan fingerprint density at radius 1 is 1.47 bits per heavy atom. The average molecular weight is 261 g/mol. The van der Waals surface area contributed by atoms with E-state index < -0.39 is 5.97 Å². The summed E-state index contributed by atoms with van der Waals surface area (Å²) in [7, 11) is 4.06. The standard InChI is InChI=1S/C14H19N3O2/c1-10(7-8-16(2)3)17-9-15-12-6-4-5-11(13(12)17)14(18)19/h4-6,9-10H,7-8H2,1-3H3,(H,18,19). The zero-order chi connectivity index (χ0) is 14.0. The first kappa shape index (κ1) is 13.5. The Bertz CT molecular complexity index is 589. The fraction of sp³-hybridized carbons (Fsp3) is 0.429. The topological polar surface area (TPSA) is 58.4 Å². The zero-order valence-corrected chi connectivity index (χ0v) is 11.5. The highest BCUT2D eigenvalue weighted by Crippen LogP contribution is 2.23. The lowest BCUT2D eigenvalue weighted by molar-refractivity contribution is 0.0698. The normalized spacial score (nSPS) is 13.1. The predicted octanol–water partition coefficient (Wildman–Crippen LogP) is 2.25. The van der Waals surface area contributed by atoms with Crippen LogP contribution >= 0.6 is 0 Å². The van der Waals surface area contributed by atoms with Gasteiger partial charge in [-0.15, -0.1) is 0 Å². The van der Waals surface area contributed by atoms with Crippen molar-refractivity contribution in [2.45, 2.75) is 19.4 Å². The quantitative estimate of drug-likeness (QED) is 0.896. The minimum absolute atomic E-state index is 0.216. The molecule has 0 aliphatic carbocycles. The Labute approximate surface area is 112 Å². The summed E-state index contributed by atoms with van der Waals surface area (Å²) >= 11 is 0. The highest BCUT2D eigenvalue weighted by Gasteiger charge is 2.16. The first-order valence-electron chi connectivity index (χ1n) is 6.34. The van der Waals surface area contributed by atoms with Crippen LogP contribution in [-0.2, 0) is 0 Å². The van der Waals surface area contributed by atoms with Crippen LogP contribution in [0, 0.1) is 0 Å². The molecule has 1 unspecified atom stereocenters. The van der Waals surface area contributed by atoms with E-state index in [1.165, 1.54) is 0 Å². The summed E-state index contributed by atoms with van der Waals surface area (Å²) in [4.78, 5) is 17.7. The van der Waals surface area contributed by atoms with E-state index in [0.29, 0.717) is 11.1 Å². The van der Waals surface area contributed by atoms with Crippen molar-refractivity contribution in [3.05, 3.63) is 30.1 Å². The molecule has 19 heavy (non-hydrogen) atoms. The van der Waals surface area contributed by atoms with Crippen LogP contribution in [0.1, 0.15) is 29.7 Å². The SMILES string of the molecule is CC(CCN(C)C)n1cnc2cccc(C(=O)O)c21. The summed E-state index contributed by atoms with van der Waals surface area (Å²) < 4.78 is 1.96. The van der Waals surface area contributed by atoms with Crippen LogP contribution in [0.2, 0.25) is 0 Å². The number of hydrogen-bond donors (Lipinski definition) is 1. The maximum absolute atomic E-state index is 11.3. The molecule has 0 fully saturated rings. The number of fused-ring (bicyclic) bond motifs is 1. The molecule has 5 nitrogen and oxygen atoms in total. The van der Waals surface area contributed by atoms with Crippen LogP contribution in [0.4, 0.5) is 0 Å². The average Bonchev–Trinajstić information content (AvgIpc) is 2.79. The molecule has 102 valence electrons. The summed E-state index contributed by atoms with van der Waals surface area (Å²) in [5.74, 6) is -0.910. The number of carboxylic acids is 1. The Morgan fingerprint density at radius 3 is 2.84 bits per heavy atom. The molecular formula is C14H19N3O2. The van der Waals surface area contributed by atoms with Crippen molar-refractivity contribution >= 4 is 17.0 Å². The molecule has 1 N–H and O–H groups in total. The van der Waals surface area contributed by atoms with Crippen molar-refractivity contribution in [2.75, 3.05) is 20.6 Å². The second-order valence-corrected chi connectivity index (χ2v) is 5.07. The molecule has 0 saturated carbocycles. The van der Waals surface area contributed by atoms with Gasteiger partial charge in [0.25, 0.3) is 0 Å². The van der Waals surface area contributed by atoms with Gasteiger partial charge in [-0.2, -0.15) is 0 Å². The van der Waals surface area contributed by atoms with Gasteiger partial charge in [-0.05, 0) is 46.1 Å². The molecule has 1 aromatic heterocycles. The Hall–Kier alpha value is -1.88. The van der Waals surface area contributed by atoms with Crippen LogP contribution in [0.15, 0.2) is 24.5 Å². The number of rotatable bonds is 5. The third-order valence-electron chi connectivity index (χ3n) is 3.29. The first-order valence-corrected chi connectivity index (χ1v) is 6.34. The van der Waals surface area contributed by atoms with Gasteiger partial charge in [0.05, 0.1) is 22.9 Å². The highest BCUT2D eigenvalue weighted by molar-refractivity contribution is 6.01. The van der Waals surface area contributed by atoms with Crippen molar-refractivity contribution in [1.82, 2.24) is 14.5 Å². The van der Waals surface area contributed by atoms with E-state index in [9.17, 15) is 9.90 Å². The number of imidazole rings is 1. The second kappa shape index (κ2) is 5.40. The number of nitrogens with zero attached hydrogens (tertiary/aromatic N) is 3. The molecule has 0 bridgehead atoms. The molecule has 0 radical (unpaired) electrons. The van der Waals surface area contributed by atoms with Gasteiger partial charge in [0.2, 0.25) is 0 Å². The van der Waals surface area contributed by atoms with Crippen LogP contribution < -0.4 is 0 Å². The summed E-state index contributed by atoms with van der Waals surface area (Å²) in [6, 6.07) is 5.42. The zero-order valence-electron chi connectivity index (χ0n) is 11.5. The smallest absolute Gasteiger partial charge is 0.337 e. The number of hydrogen-bond acceptors (Lipinski definition) is 3. The maximum Gasteiger partial charge on any atom is 0.337 e. The van der Waals surface area contributed by atoms with Crippen LogP contribution in [0.25, 0.3) is 11.0 Å². The van der Waals surface area contributed by atoms with Crippen molar-refractivity contribution in [3.8, 4) is 0 Å². The third-order valence-corrected chi connectivity index (χ3v) is 3.29. The Balaban J connectivity index is 2.40. The Kier molecular flexibility index (Phi) is 3.85. The predicted molar refractivity (Wildman–Crippen MR) is 74.6 cm³/mol. The summed E-state index contributed by atoms with van der Waals surface area (Å²) in [5.41, 5.74) is 1.75. The van der Waals surface area contributed by atoms with E-state index in [1.54, 1.807) is 18.5 Å². The van der Waals surface area contributed by atoms with Gasteiger partial charge >= 0.3 is 5.97 Å². The minimum Gasteiger partial charge on any atom is -0.478 e. The number of aromatic carboxylic acids is 1. The molecule has 5 heteroatoms. The summed E-state index contributed by atoms with van der Waals surface area (Å²) in [5, 5.41) is 9.28. The lowest BCUT2D eigenvalue weighted by Crippen LogP contribution is -2.17. The fourth-order valence-corrected chi connectivity index (χ4v) is 2.18. The molecule has 2 rings (SSSR count). The molecule has 1 heterocycles. The third kappa shape index (κ3) is 2.76. The van der Waals surface area contributed by atoms with Crippen molar-refractivity contribution in [1.29, 1.82) is 0 Å². The number of carboxylic acid groups (broad SMARTS) is 1. The van der Waals surface area contributed by atoms with E-state index in [2.05, 4.69) is 16.8 Å². The molecule has 2 aromatic rings. The van der Waals surface area contributed by atoms with Gasteiger partial charge in [-0.1, -0.05) is 6.07 Å². The van der Waals surface area contributed by atoms with Crippen LogP contribution in [0.5, 0.6) is 0 Å². The molecule has 1 aromatic carbocycles. The van der Waals surface area contributed by atoms with Gasteiger partial charge in [0, 0.05) is 6.04 Å². The van der Waals surface area contributed by atoms with E-state index in [4.69, 9.17) is 0 Å². The van der Waals surface area contributed by atoms with Gasteiger partial charge in [-0.25, -0.2) is 9.78 Å². The van der Waals surface area contributed by atoms with Crippen molar-refractivity contribution in [2.24, 2.45) is 0 Å². The van der Waals surface area contributed by atoms with E-state index >= 15 is 0 Å². The monoisotopic (exact) mass is 261 g/mol. The van der Waals surface area contributed by atoms with Crippen molar-refractivity contribution in [3.63, 3.8) is 0 Å². The van der Waals surface area contributed by atoms with Crippen LogP contribution in [-0.4, -0.2) is 46.2 Å². The molecule has 0 aliphatic heterocycles. The second-order valence-electron chi connectivity index (χ2n) is 5.07. The fourth-order valence-electron chi connectivity index (χ4n) is 2.18. The molecule has 0 spiro atoms. The largest absolute Gasteiger partial charge is 0.478 e. The van der Waals surface area contributed by atoms with E-state index in [-0.39, 0.29) is 6.04 Å². The number of carbonyl (C=O) groups is 1. The van der Waals surface area contributed by atoms with Crippen molar-refractivity contribution < 1.29 is 9.90 Å². The molecule has 1 atom stereocenters. The Morgan fingerprint density at radius 2 is 2.21 bits per heavy atom. The van der Waals surface area contributed by atoms with Gasteiger partial charge < -0.3 is 14.6 Å². The lowest BCUT2D eigenvalue weighted by Gasteiger charge is -2.17. The van der Waals surface area contributed by atoms with Gasteiger partial charge in [-0.3, -0.25) is 0 Å². The summed E-state index contributed by atoms with van der Waals surface area (Å²) in [6.07, 6.45) is 2.68. The first-order chi connectivity index (χ1) is 9.00. The minimum atomic E-state index is -0.910. The van der Waals surface area contributed by atoms with Gasteiger partial charge in [0.1, 0.15) is 0 Å². The molecule has 0 aliphatic rings. The maximum atomic E-state index is 11.3. The molecule has 0 amide bonds. The highest BCUT2D eigenvalue weighted by atomic mass is 16.4. The number of benzene rings is 1. The lowest BCUT2D eigenvalue weighted by atomic mass is 10.1.